The number of anilines is 6. The Labute approximate surface area is 275 Å². The van der Waals surface area contributed by atoms with Crippen LogP contribution in [0.25, 0.3) is 22.0 Å². The monoisotopic (exact) mass is 648 g/mol. The number of rotatable bonds is 4. The van der Waals surface area contributed by atoms with Crippen molar-refractivity contribution in [1.29, 1.82) is 0 Å². The van der Waals surface area contributed by atoms with E-state index in [2.05, 4.69) is 33.5 Å². The van der Waals surface area contributed by atoms with Crippen molar-refractivity contribution in [1.82, 2.24) is 9.36 Å². The fourth-order valence-corrected chi connectivity index (χ4v) is 8.53. The van der Waals surface area contributed by atoms with Crippen LogP contribution in [0.5, 0.6) is 11.5 Å². The molecule has 0 fully saturated rings. The quantitative estimate of drug-likeness (QED) is 0.188. The lowest BCUT2D eigenvalue weighted by molar-refractivity contribution is 0.477. The van der Waals surface area contributed by atoms with E-state index in [1.807, 2.05) is 102 Å². The first-order chi connectivity index (χ1) is 23.1. The minimum absolute atomic E-state index is 0.296. The zero-order valence-corrected chi connectivity index (χ0v) is 26.3. The van der Waals surface area contributed by atoms with Crippen molar-refractivity contribution >= 4 is 55.5 Å². The maximum absolute atomic E-state index is 13.4. The molecule has 2 aliphatic rings. The van der Waals surface area contributed by atoms with E-state index in [9.17, 15) is 8.42 Å². The lowest BCUT2D eigenvalue weighted by Gasteiger charge is -2.32. The Balaban J connectivity index is 1.01. The van der Waals surface area contributed by atoms with Gasteiger partial charge in [-0.05, 0) is 109 Å². The number of benzene rings is 6. The SMILES string of the molecule is O=S1(=O)c2ccccc2N(c2ccc(-c3nc(-c4ccc(N5c6ccccc6Oc6ccccc65)cc4)ns3)cc2)c2ccccc21. The topological polar surface area (TPSA) is 75.6 Å². The second-order valence-corrected chi connectivity index (χ2v) is 13.8. The zero-order valence-electron chi connectivity index (χ0n) is 24.7. The molecule has 226 valence electrons. The van der Waals surface area contributed by atoms with Crippen LogP contribution in [-0.4, -0.2) is 17.8 Å². The third-order valence-corrected chi connectivity index (χ3v) is 11.0. The standard InChI is InChI=1S/C38H24N4O3S2/c43-47(44)35-15-7-3-11-31(35)42(32-12-4-8-16-36(32)47)28-23-19-26(20-24-28)38-39-37(40-46-38)25-17-21-27(22-18-25)41-29-9-1-5-13-33(29)45-34-14-6-2-10-30(34)41/h1-24H. The lowest BCUT2D eigenvalue weighted by atomic mass is 10.1. The van der Waals surface area contributed by atoms with Gasteiger partial charge in [0.25, 0.3) is 0 Å². The van der Waals surface area contributed by atoms with Crippen LogP contribution in [0.4, 0.5) is 34.1 Å². The average molecular weight is 649 g/mol. The van der Waals surface area contributed by atoms with Crippen molar-refractivity contribution in [2.75, 3.05) is 9.80 Å². The van der Waals surface area contributed by atoms with Crippen LogP contribution >= 0.6 is 11.5 Å². The number of fused-ring (bicyclic) bond motifs is 4. The van der Waals surface area contributed by atoms with Gasteiger partial charge in [0.15, 0.2) is 17.3 Å². The highest BCUT2D eigenvalue weighted by Gasteiger charge is 2.34. The molecule has 7 nitrogen and oxygen atoms in total. The van der Waals surface area contributed by atoms with Crippen LogP contribution in [0.2, 0.25) is 0 Å². The van der Waals surface area contributed by atoms with E-state index in [1.165, 1.54) is 11.5 Å². The van der Waals surface area contributed by atoms with Crippen LogP contribution < -0.4 is 14.5 Å². The van der Waals surface area contributed by atoms with Gasteiger partial charge in [-0.15, -0.1) is 0 Å². The molecule has 0 unspecified atom stereocenters. The first-order valence-electron chi connectivity index (χ1n) is 15.0. The summed E-state index contributed by atoms with van der Waals surface area (Å²) in [6.07, 6.45) is 0. The normalized spacial score (nSPS) is 14.0. The van der Waals surface area contributed by atoms with Gasteiger partial charge in [0.2, 0.25) is 9.84 Å². The molecular weight excluding hydrogens is 625 g/mol. The summed E-state index contributed by atoms with van der Waals surface area (Å²) in [4.78, 5) is 9.67. The maximum Gasteiger partial charge on any atom is 0.210 e. The Kier molecular flexibility index (Phi) is 6.24. The molecule has 9 rings (SSSR count). The van der Waals surface area contributed by atoms with Crippen LogP contribution in [0.15, 0.2) is 155 Å². The number of ether oxygens (including phenoxy) is 1. The molecule has 0 saturated carbocycles. The molecule has 0 aliphatic carbocycles. The minimum Gasteiger partial charge on any atom is -0.453 e. The molecule has 1 aromatic heterocycles. The van der Waals surface area contributed by atoms with Crippen LogP contribution in [0, 0.1) is 0 Å². The Hall–Kier alpha value is -5.77. The van der Waals surface area contributed by atoms with Crippen LogP contribution in [-0.2, 0) is 9.84 Å². The number of nitrogens with zero attached hydrogens (tertiary/aromatic N) is 4. The summed E-state index contributed by atoms with van der Waals surface area (Å²) in [5, 5.41) is 0.800. The molecule has 6 aromatic carbocycles. The second-order valence-electron chi connectivity index (χ2n) is 11.2. The molecule has 0 bridgehead atoms. The van der Waals surface area contributed by atoms with E-state index in [1.54, 1.807) is 24.3 Å². The summed E-state index contributed by atoms with van der Waals surface area (Å²) in [5.41, 5.74) is 6.94. The van der Waals surface area contributed by atoms with E-state index < -0.39 is 9.84 Å². The number of hydrogen-bond acceptors (Lipinski definition) is 8. The van der Waals surface area contributed by atoms with Crippen molar-refractivity contribution in [3.8, 4) is 33.5 Å². The van der Waals surface area contributed by atoms with Gasteiger partial charge in [-0.2, -0.15) is 4.37 Å². The summed E-state index contributed by atoms with van der Waals surface area (Å²) in [7, 11) is -3.62. The molecule has 0 N–H and O–H groups in total. The molecule has 0 amide bonds. The Bertz CT molecular complexity index is 2320. The highest BCUT2D eigenvalue weighted by atomic mass is 32.2. The number of hydrogen-bond donors (Lipinski definition) is 0. The summed E-state index contributed by atoms with van der Waals surface area (Å²) in [6, 6.07) is 46.6. The van der Waals surface area contributed by atoms with E-state index >= 15 is 0 Å². The van der Waals surface area contributed by atoms with Crippen LogP contribution in [0.1, 0.15) is 0 Å². The summed E-state index contributed by atoms with van der Waals surface area (Å²) in [5.74, 6) is 2.28. The van der Waals surface area contributed by atoms with Gasteiger partial charge in [-0.1, -0.05) is 48.5 Å². The average Bonchev–Trinajstić information content (AvgIpc) is 3.62. The van der Waals surface area contributed by atoms with Gasteiger partial charge in [0, 0.05) is 22.5 Å². The maximum atomic E-state index is 13.4. The molecule has 0 radical (unpaired) electrons. The summed E-state index contributed by atoms with van der Waals surface area (Å²) < 4.78 is 37.6. The summed E-state index contributed by atoms with van der Waals surface area (Å²) >= 11 is 1.35. The predicted molar refractivity (Wildman–Crippen MR) is 186 cm³/mol. The van der Waals surface area contributed by atoms with Crippen molar-refractivity contribution in [2.45, 2.75) is 9.79 Å². The van der Waals surface area contributed by atoms with Crippen LogP contribution in [0.3, 0.4) is 0 Å². The van der Waals surface area contributed by atoms with Crippen molar-refractivity contribution in [3.05, 3.63) is 146 Å². The zero-order chi connectivity index (χ0) is 31.5. The molecule has 0 saturated heterocycles. The summed E-state index contributed by atoms with van der Waals surface area (Å²) in [6.45, 7) is 0. The fraction of sp³-hybridized carbons (Fsp3) is 0. The third-order valence-electron chi connectivity index (χ3n) is 8.41. The second kappa shape index (κ2) is 10.7. The molecule has 2 aliphatic heterocycles. The highest BCUT2D eigenvalue weighted by Crippen LogP contribution is 2.51. The van der Waals surface area contributed by atoms with Gasteiger partial charge >= 0.3 is 0 Å². The Morgan fingerprint density at radius 1 is 0.511 bits per heavy atom. The molecule has 9 heteroatoms. The molecule has 0 atom stereocenters. The van der Waals surface area contributed by atoms with E-state index in [0.717, 1.165) is 50.4 Å². The fourth-order valence-electron chi connectivity index (χ4n) is 6.22. The van der Waals surface area contributed by atoms with Gasteiger partial charge in [-0.25, -0.2) is 13.4 Å². The third kappa shape index (κ3) is 4.43. The molecular formula is C38H24N4O3S2. The van der Waals surface area contributed by atoms with E-state index in [0.29, 0.717) is 27.0 Å². The van der Waals surface area contributed by atoms with Crippen molar-refractivity contribution in [2.24, 2.45) is 0 Å². The van der Waals surface area contributed by atoms with Gasteiger partial charge in [0.1, 0.15) is 5.01 Å². The van der Waals surface area contributed by atoms with Gasteiger partial charge in [-0.3, -0.25) is 0 Å². The number of para-hydroxylation sites is 6. The van der Waals surface area contributed by atoms with Crippen molar-refractivity contribution < 1.29 is 13.2 Å². The Morgan fingerprint density at radius 2 is 0.957 bits per heavy atom. The largest absolute Gasteiger partial charge is 0.453 e. The number of sulfone groups is 1. The highest BCUT2D eigenvalue weighted by molar-refractivity contribution is 7.92. The van der Waals surface area contributed by atoms with Gasteiger partial charge in [0.05, 0.1) is 32.5 Å². The first-order valence-corrected chi connectivity index (χ1v) is 17.3. The van der Waals surface area contributed by atoms with E-state index in [4.69, 9.17) is 9.72 Å². The predicted octanol–water partition coefficient (Wildman–Crippen LogP) is 10.1. The molecule has 47 heavy (non-hydrogen) atoms. The molecule has 0 spiro atoms. The van der Waals surface area contributed by atoms with E-state index in [-0.39, 0.29) is 0 Å². The minimum atomic E-state index is -3.62. The molecule has 3 heterocycles. The molecule has 7 aromatic rings. The van der Waals surface area contributed by atoms with Gasteiger partial charge < -0.3 is 14.5 Å². The number of aromatic nitrogens is 2. The van der Waals surface area contributed by atoms with Crippen molar-refractivity contribution in [3.63, 3.8) is 0 Å². The first kappa shape index (κ1) is 27.5. The lowest BCUT2D eigenvalue weighted by Crippen LogP contribution is -2.21. The smallest absolute Gasteiger partial charge is 0.210 e. The Morgan fingerprint density at radius 3 is 1.51 bits per heavy atom.